The number of anilines is 1. The zero-order valence-corrected chi connectivity index (χ0v) is 15.9. The molecule has 4 rings (SSSR count). The van der Waals surface area contributed by atoms with Gasteiger partial charge >= 0.3 is 0 Å². The summed E-state index contributed by atoms with van der Waals surface area (Å²) in [6, 6.07) is 11.1. The van der Waals surface area contributed by atoms with Gasteiger partial charge in [-0.3, -0.25) is 4.79 Å². The number of amides is 1. The van der Waals surface area contributed by atoms with E-state index in [9.17, 15) is 13.6 Å². The van der Waals surface area contributed by atoms with Gasteiger partial charge in [0.2, 0.25) is 11.7 Å². The van der Waals surface area contributed by atoms with Gasteiger partial charge in [-0.05, 0) is 42.5 Å². The summed E-state index contributed by atoms with van der Waals surface area (Å²) in [5.41, 5.74) is 2.07. The molecule has 0 radical (unpaired) electrons. The highest BCUT2D eigenvalue weighted by Crippen LogP contribution is 2.23. The van der Waals surface area contributed by atoms with Crippen LogP contribution >= 0.6 is 0 Å². The van der Waals surface area contributed by atoms with E-state index < -0.39 is 11.6 Å². The van der Waals surface area contributed by atoms with Crippen LogP contribution < -0.4 is 4.90 Å². The minimum atomic E-state index is -1.01. The number of nitrogens with zero attached hydrogens (tertiary/aromatic N) is 4. The lowest BCUT2D eigenvalue weighted by atomic mass is 10.1. The molecule has 0 atom stereocenters. The predicted molar refractivity (Wildman–Crippen MR) is 104 cm³/mol. The summed E-state index contributed by atoms with van der Waals surface area (Å²) in [6.45, 7) is 4.26. The van der Waals surface area contributed by atoms with Crippen LogP contribution in [0.3, 0.4) is 0 Å². The van der Waals surface area contributed by atoms with E-state index in [0.29, 0.717) is 44.3 Å². The van der Waals surface area contributed by atoms with Crippen molar-refractivity contribution in [2.75, 3.05) is 31.1 Å². The van der Waals surface area contributed by atoms with Crippen molar-refractivity contribution in [2.24, 2.45) is 0 Å². The van der Waals surface area contributed by atoms with E-state index in [2.05, 4.69) is 15.0 Å². The van der Waals surface area contributed by atoms with E-state index >= 15 is 0 Å². The SMILES string of the molecule is CCc1nc(-c2ccc(N3CCN(C(=O)c4ccc(F)c(F)c4)CC3)cc2)no1. The van der Waals surface area contributed by atoms with Gasteiger partial charge in [0.05, 0.1) is 0 Å². The van der Waals surface area contributed by atoms with Gasteiger partial charge in [0.25, 0.3) is 5.91 Å². The normalized spacial score (nSPS) is 14.3. The molecule has 1 amide bonds. The second-order valence-electron chi connectivity index (χ2n) is 6.82. The molecule has 150 valence electrons. The number of aryl methyl sites for hydroxylation is 1. The number of piperazine rings is 1. The number of halogens is 2. The average Bonchev–Trinajstić information content (AvgIpc) is 3.25. The Morgan fingerprint density at radius 3 is 2.38 bits per heavy atom. The Kier molecular flexibility index (Phi) is 5.24. The summed E-state index contributed by atoms with van der Waals surface area (Å²) in [7, 11) is 0. The van der Waals surface area contributed by atoms with Crippen molar-refractivity contribution >= 4 is 11.6 Å². The number of aromatic nitrogens is 2. The van der Waals surface area contributed by atoms with Crippen LogP contribution in [0.15, 0.2) is 47.0 Å². The molecule has 8 heteroatoms. The van der Waals surface area contributed by atoms with E-state index in [0.717, 1.165) is 23.4 Å². The first-order valence-electron chi connectivity index (χ1n) is 9.47. The van der Waals surface area contributed by atoms with Crippen molar-refractivity contribution < 1.29 is 18.1 Å². The van der Waals surface area contributed by atoms with Crippen molar-refractivity contribution in [3.05, 3.63) is 65.6 Å². The number of carbonyl (C=O) groups excluding carboxylic acids is 1. The second kappa shape index (κ2) is 7.98. The summed E-state index contributed by atoms with van der Waals surface area (Å²) >= 11 is 0. The Morgan fingerprint density at radius 2 is 1.76 bits per heavy atom. The molecule has 2 aromatic carbocycles. The van der Waals surface area contributed by atoms with Gasteiger partial charge in [-0.1, -0.05) is 12.1 Å². The second-order valence-corrected chi connectivity index (χ2v) is 6.82. The smallest absolute Gasteiger partial charge is 0.254 e. The van der Waals surface area contributed by atoms with Gasteiger partial charge in [-0.25, -0.2) is 8.78 Å². The third kappa shape index (κ3) is 3.96. The quantitative estimate of drug-likeness (QED) is 0.673. The minimum Gasteiger partial charge on any atom is -0.368 e. The van der Waals surface area contributed by atoms with Crippen molar-refractivity contribution in [1.29, 1.82) is 0 Å². The fourth-order valence-electron chi connectivity index (χ4n) is 3.32. The summed E-state index contributed by atoms with van der Waals surface area (Å²) in [5, 5.41) is 3.98. The molecule has 1 aliphatic rings. The van der Waals surface area contributed by atoms with Crippen molar-refractivity contribution in [3.8, 4) is 11.4 Å². The lowest BCUT2D eigenvalue weighted by molar-refractivity contribution is 0.0746. The topological polar surface area (TPSA) is 62.5 Å². The fraction of sp³-hybridized carbons (Fsp3) is 0.286. The zero-order chi connectivity index (χ0) is 20.4. The summed E-state index contributed by atoms with van der Waals surface area (Å²) in [5.74, 6) is -1.09. The Labute approximate surface area is 166 Å². The van der Waals surface area contributed by atoms with E-state index in [-0.39, 0.29) is 11.5 Å². The third-order valence-electron chi connectivity index (χ3n) is 4.99. The van der Waals surface area contributed by atoms with E-state index in [1.165, 1.54) is 6.07 Å². The first-order chi connectivity index (χ1) is 14.0. The molecular formula is C21H20F2N4O2. The van der Waals surface area contributed by atoms with Crippen LogP contribution in [0.4, 0.5) is 14.5 Å². The first-order valence-corrected chi connectivity index (χ1v) is 9.47. The number of carbonyl (C=O) groups is 1. The molecule has 2 heterocycles. The molecule has 1 fully saturated rings. The van der Waals surface area contributed by atoms with Gasteiger partial charge in [0.15, 0.2) is 11.6 Å². The van der Waals surface area contributed by atoms with Crippen molar-refractivity contribution in [3.63, 3.8) is 0 Å². The van der Waals surface area contributed by atoms with Crippen LogP contribution in [0.2, 0.25) is 0 Å². The molecule has 1 aromatic heterocycles. The largest absolute Gasteiger partial charge is 0.368 e. The average molecular weight is 398 g/mol. The lowest BCUT2D eigenvalue weighted by Crippen LogP contribution is -2.48. The van der Waals surface area contributed by atoms with Crippen molar-refractivity contribution in [2.45, 2.75) is 13.3 Å². The molecule has 0 bridgehead atoms. The third-order valence-corrected chi connectivity index (χ3v) is 4.99. The molecular weight excluding hydrogens is 378 g/mol. The first kappa shape index (κ1) is 19.0. The maximum atomic E-state index is 13.4. The molecule has 0 aliphatic carbocycles. The Balaban J connectivity index is 1.39. The Bertz CT molecular complexity index is 1010. The lowest BCUT2D eigenvalue weighted by Gasteiger charge is -2.36. The van der Waals surface area contributed by atoms with E-state index in [1.54, 1.807) is 4.90 Å². The van der Waals surface area contributed by atoms with Crippen LogP contribution in [-0.2, 0) is 6.42 Å². The van der Waals surface area contributed by atoms with Crippen molar-refractivity contribution in [1.82, 2.24) is 15.0 Å². The summed E-state index contributed by atoms with van der Waals surface area (Å²) < 4.78 is 31.6. The highest BCUT2D eigenvalue weighted by molar-refractivity contribution is 5.94. The van der Waals surface area contributed by atoms with Gasteiger partial charge in [-0.2, -0.15) is 4.98 Å². The summed E-state index contributed by atoms with van der Waals surface area (Å²) in [6.07, 6.45) is 0.693. The highest BCUT2D eigenvalue weighted by Gasteiger charge is 2.23. The van der Waals surface area contributed by atoms with Crippen LogP contribution in [0.25, 0.3) is 11.4 Å². The number of hydrogen-bond acceptors (Lipinski definition) is 5. The molecule has 0 N–H and O–H groups in total. The van der Waals surface area contributed by atoms with Crippen LogP contribution in [0.1, 0.15) is 23.2 Å². The maximum Gasteiger partial charge on any atom is 0.254 e. The fourth-order valence-corrected chi connectivity index (χ4v) is 3.32. The Morgan fingerprint density at radius 1 is 1.03 bits per heavy atom. The van der Waals surface area contributed by atoms with Crippen LogP contribution in [0, 0.1) is 11.6 Å². The zero-order valence-electron chi connectivity index (χ0n) is 15.9. The van der Waals surface area contributed by atoms with E-state index in [1.807, 2.05) is 31.2 Å². The van der Waals surface area contributed by atoms with Crippen LogP contribution in [-0.4, -0.2) is 47.1 Å². The summed E-state index contributed by atoms with van der Waals surface area (Å²) in [4.78, 5) is 20.7. The van der Waals surface area contributed by atoms with E-state index in [4.69, 9.17) is 4.52 Å². The minimum absolute atomic E-state index is 0.160. The molecule has 6 nitrogen and oxygen atoms in total. The van der Waals surface area contributed by atoms with Gasteiger partial charge in [0.1, 0.15) is 0 Å². The Hall–Kier alpha value is -3.29. The standard InChI is InChI=1S/C21H20F2N4O2/c1-2-19-24-20(25-29-19)14-3-6-16(7-4-14)26-9-11-27(12-10-26)21(28)15-5-8-17(22)18(23)13-15/h3-8,13H,2,9-12H2,1H3. The van der Waals surface area contributed by atoms with Gasteiger partial charge in [0, 0.05) is 49.4 Å². The maximum absolute atomic E-state index is 13.4. The van der Waals surface area contributed by atoms with Gasteiger partial charge in [-0.15, -0.1) is 0 Å². The molecule has 0 spiro atoms. The molecule has 1 saturated heterocycles. The number of rotatable bonds is 4. The molecule has 1 aliphatic heterocycles. The van der Waals surface area contributed by atoms with Gasteiger partial charge < -0.3 is 14.3 Å². The monoisotopic (exact) mass is 398 g/mol. The number of hydrogen-bond donors (Lipinski definition) is 0. The predicted octanol–water partition coefficient (Wildman–Crippen LogP) is 3.54. The molecule has 3 aromatic rings. The highest BCUT2D eigenvalue weighted by atomic mass is 19.2. The molecule has 0 saturated carbocycles. The van der Waals surface area contributed by atoms with Crippen LogP contribution in [0.5, 0.6) is 0 Å². The number of benzene rings is 2. The molecule has 0 unspecified atom stereocenters. The molecule has 29 heavy (non-hydrogen) atoms.